The van der Waals surface area contributed by atoms with Crippen LogP contribution >= 0.6 is 11.3 Å². The molecule has 1 unspecified atom stereocenters. The zero-order valence-corrected chi connectivity index (χ0v) is 13.9. The highest BCUT2D eigenvalue weighted by atomic mass is 32.1. The van der Waals surface area contributed by atoms with Crippen LogP contribution in [0, 0.1) is 0 Å². The highest BCUT2D eigenvalue weighted by Gasteiger charge is 2.20. The van der Waals surface area contributed by atoms with Crippen molar-refractivity contribution < 1.29 is 4.42 Å². The van der Waals surface area contributed by atoms with Crippen LogP contribution in [0.4, 0.5) is 0 Å². The Morgan fingerprint density at radius 1 is 1.52 bits per heavy atom. The summed E-state index contributed by atoms with van der Waals surface area (Å²) in [6.45, 7) is 3.85. The molecule has 0 aliphatic carbocycles. The van der Waals surface area contributed by atoms with E-state index in [0.717, 1.165) is 48.3 Å². The molecule has 4 rings (SSSR count). The van der Waals surface area contributed by atoms with E-state index in [1.165, 1.54) is 10.4 Å². The summed E-state index contributed by atoms with van der Waals surface area (Å²) in [7, 11) is 0. The molecule has 0 saturated heterocycles. The monoisotopic (exact) mass is 329 g/mol. The van der Waals surface area contributed by atoms with Crippen LogP contribution in [0.25, 0.3) is 10.2 Å². The van der Waals surface area contributed by atoms with Crippen molar-refractivity contribution in [2.45, 2.75) is 38.8 Å². The number of hydrogen-bond donors (Lipinski definition) is 1. The smallest absolute Gasteiger partial charge is 0.262 e. The molecule has 3 aromatic heterocycles. The van der Waals surface area contributed by atoms with E-state index in [1.54, 1.807) is 28.5 Å². The van der Waals surface area contributed by atoms with Gasteiger partial charge in [0.25, 0.3) is 5.56 Å². The van der Waals surface area contributed by atoms with E-state index in [1.807, 2.05) is 12.1 Å². The highest BCUT2D eigenvalue weighted by molar-refractivity contribution is 7.18. The summed E-state index contributed by atoms with van der Waals surface area (Å²) in [5.74, 6) is 0.956. The first-order valence-corrected chi connectivity index (χ1v) is 8.80. The molecular formula is C17H19N3O2S. The van der Waals surface area contributed by atoms with E-state index < -0.39 is 0 Å². The first-order valence-electron chi connectivity index (χ1n) is 7.98. The fraction of sp³-hybridized carbons (Fsp3) is 0.412. The number of nitrogens with one attached hydrogen (secondary N) is 1. The van der Waals surface area contributed by atoms with Gasteiger partial charge in [0, 0.05) is 23.9 Å². The largest absolute Gasteiger partial charge is 0.469 e. The average molecular weight is 329 g/mol. The summed E-state index contributed by atoms with van der Waals surface area (Å²) in [5.41, 5.74) is 1.30. The van der Waals surface area contributed by atoms with Crippen LogP contribution in [0.5, 0.6) is 0 Å². The predicted molar refractivity (Wildman–Crippen MR) is 91.0 cm³/mol. The number of furan rings is 1. The fourth-order valence-electron chi connectivity index (χ4n) is 3.19. The fourth-order valence-corrected chi connectivity index (χ4v) is 4.33. The van der Waals surface area contributed by atoms with Gasteiger partial charge >= 0.3 is 0 Å². The third kappa shape index (κ3) is 2.62. The molecule has 0 saturated carbocycles. The minimum atomic E-state index is 0.0985. The summed E-state index contributed by atoms with van der Waals surface area (Å²) in [6, 6.07) is 3.96. The van der Waals surface area contributed by atoms with Gasteiger partial charge in [-0.25, -0.2) is 4.98 Å². The van der Waals surface area contributed by atoms with Crippen molar-refractivity contribution in [1.82, 2.24) is 14.9 Å². The van der Waals surface area contributed by atoms with Gasteiger partial charge in [-0.05, 0) is 44.0 Å². The number of thiophene rings is 1. The molecule has 1 aliphatic heterocycles. The molecule has 0 aromatic carbocycles. The summed E-state index contributed by atoms with van der Waals surface area (Å²) >= 11 is 1.64. The Morgan fingerprint density at radius 3 is 3.26 bits per heavy atom. The maximum Gasteiger partial charge on any atom is 0.262 e. The molecular weight excluding hydrogens is 310 g/mol. The van der Waals surface area contributed by atoms with Gasteiger partial charge in [0.15, 0.2) is 0 Å². The van der Waals surface area contributed by atoms with Crippen LogP contribution in [0.1, 0.15) is 35.6 Å². The molecule has 0 radical (unpaired) electrons. The van der Waals surface area contributed by atoms with E-state index in [9.17, 15) is 4.79 Å². The third-order valence-corrected chi connectivity index (χ3v) is 5.66. The lowest BCUT2D eigenvalue weighted by molar-refractivity contribution is 0.444. The Balaban J connectivity index is 1.67. The van der Waals surface area contributed by atoms with Gasteiger partial charge in [0.05, 0.1) is 18.0 Å². The molecule has 0 fully saturated rings. The van der Waals surface area contributed by atoms with Gasteiger partial charge in [-0.1, -0.05) is 0 Å². The minimum Gasteiger partial charge on any atom is -0.469 e. The normalized spacial score (nSPS) is 15.7. The Bertz CT molecular complexity index is 879. The van der Waals surface area contributed by atoms with Gasteiger partial charge in [0.1, 0.15) is 10.6 Å². The molecule has 3 aromatic rings. The molecule has 1 aliphatic rings. The summed E-state index contributed by atoms with van der Waals surface area (Å²) in [4.78, 5) is 19.6. The molecule has 6 heteroatoms. The summed E-state index contributed by atoms with van der Waals surface area (Å²) in [5, 5.41) is 4.19. The third-order valence-electron chi connectivity index (χ3n) is 4.52. The molecule has 23 heavy (non-hydrogen) atoms. The molecule has 4 heterocycles. The van der Waals surface area contributed by atoms with Crippen LogP contribution in [-0.2, 0) is 19.4 Å². The lowest BCUT2D eigenvalue weighted by Gasteiger charge is -2.15. The van der Waals surface area contributed by atoms with Crippen LogP contribution < -0.4 is 10.9 Å². The van der Waals surface area contributed by atoms with E-state index in [0.29, 0.717) is 0 Å². The zero-order valence-electron chi connectivity index (χ0n) is 13.0. The summed E-state index contributed by atoms with van der Waals surface area (Å²) < 4.78 is 7.15. The van der Waals surface area contributed by atoms with Crippen molar-refractivity contribution in [3.63, 3.8) is 0 Å². The quantitative estimate of drug-likeness (QED) is 0.799. The maximum atomic E-state index is 13.0. The zero-order chi connectivity index (χ0) is 15.8. The van der Waals surface area contributed by atoms with Gasteiger partial charge in [0.2, 0.25) is 0 Å². The molecule has 1 N–H and O–H groups in total. The molecule has 120 valence electrons. The predicted octanol–water partition coefficient (Wildman–Crippen LogP) is 2.89. The molecule has 0 amide bonds. The van der Waals surface area contributed by atoms with Crippen molar-refractivity contribution in [2.75, 3.05) is 6.54 Å². The van der Waals surface area contributed by atoms with Crippen LogP contribution in [0.15, 0.2) is 33.9 Å². The van der Waals surface area contributed by atoms with Crippen molar-refractivity contribution in [3.8, 4) is 0 Å². The highest BCUT2D eigenvalue weighted by Crippen LogP contribution is 2.30. The maximum absolute atomic E-state index is 13.0. The van der Waals surface area contributed by atoms with Crippen molar-refractivity contribution in [3.05, 3.63) is 51.3 Å². The Labute approximate surface area is 138 Å². The van der Waals surface area contributed by atoms with E-state index in [2.05, 4.69) is 17.2 Å². The van der Waals surface area contributed by atoms with E-state index in [-0.39, 0.29) is 11.6 Å². The van der Waals surface area contributed by atoms with Crippen LogP contribution in [0.3, 0.4) is 0 Å². The van der Waals surface area contributed by atoms with Crippen LogP contribution in [0.2, 0.25) is 0 Å². The SMILES string of the molecule is CC(CCc1ccco1)n1cnc2sc3c(c2c1=O)CCNC3. The Kier molecular flexibility index (Phi) is 3.79. The second-order valence-corrected chi connectivity index (χ2v) is 7.12. The molecule has 1 atom stereocenters. The second-order valence-electron chi connectivity index (χ2n) is 6.03. The lowest BCUT2D eigenvalue weighted by Crippen LogP contribution is -2.26. The van der Waals surface area contributed by atoms with Crippen molar-refractivity contribution in [2.24, 2.45) is 0 Å². The van der Waals surface area contributed by atoms with Crippen molar-refractivity contribution in [1.29, 1.82) is 0 Å². The number of fused-ring (bicyclic) bond motifs is 3. The van der Waals surface area contributed by atoms with Gasteiger partial charge in [-0.15, -0.1) is 11.3 Å². The summed E-state index contributed by atoms with van der Waals surface area (Å²) in [6.07, 6.45) is 5.98. The standard InChI is InChI=1S/C17H19N3O2S/c1-11(4-5-12-3-2-8-22-12)20-10-19-16-15(17(20)21)13-6-7-18-9-14(13)23-16/h2-3,8,10-11,18H,4-7,9H2,1H3. The van der Waals surface area contributed by atoms with Gasteiger partial charge in [-0.2, -0.15) is 0 Å². The number of aromatic nitrogens is 2. The second kappa shape index (κ2) is 5.94. The van der Waals surface area contributed by atoms with Crippen LogP contribution in [-0.4, -0.2) is 16.1 Å². The first-order chi connectivity index (χ1) is 11.2. The molecule has 5 nitrogen and oxygen atoms in total. The Morgan fingerprint density at radius 2 is 2.43 bits per heavy atom. The van der Waals surface area contributed by atoms with E-state index >= 15 is 0 Å². The van der Waals surface area contributed by atoms with Gasteiger partial charge in [-0.3, -0.25) is 9.36 Å². The lowest BCUT2D eigenvalue weighted by atomic mass is 10.1. The van der Waals surface area contributed by atoms with Gasteiger partial charge < -0.3 is 9.73 Å². The number of hydrogen-bond acceptors (Lipinski definition) is 5. The average Bonchev–Trinajstić information content (AvgIpc) is 3.20. The molecule has 0 spiro atoms. The van der Waals surface area contributed by atoms with E-state index in [4.69, 9.17) is 4.42 Å². The minimum absolute atomic E-state index is 0.0985. The van der Waals surface area contributed by atoms with Crippen molar-refractivity contribution >= 4 is 21.6 Å². The number of nitrogens with zero attached hydrogens (tertiary/aromatic N) is 2. The first kappa shape index (κ1) is 14.7. The topological polar surface area (TPSA) is 60.1 Å². The Hall–Kier alpha value is -1.92. The molecule has 0 bridgehead atoms. The number of aryl methyl sites for hydroxylation is 1. The number of rotatable bonds is 4.